The number of aryl methyl sites for hydroxylation is 1. The molecule has 4 nitrogen and oxygen atoms in total. The lowest BCUT2D eigenvalue weighted by Crippen LogP contribution is -2.42. The smallest absolute Gasteiger partial charge is 0.264 e. The molecule has 33 heavy (non-hydrogen) atoms. The number of nitrogens with zero attached hydrogens (tertiary/aromatic N) is 1. The van der Waals surface area contributed by atoms with E-state index in [1.54, 1.807) is 6.92 Å². The molecule has 3 aromatic carbocycles. The molecule has 1 aliphatic rings. The van der Waals surface area contributed by atoms with Gasteiger partial charge in [0.1, 0.15) is 17.5 Å². The number of nitrogens with one attached hydrogen (secondary N) is 1. The highest BCUT2D eigenvalue weighted by atomic mass is 35.5. The van der Waals surface area contributed by atoms with E-state index in [1.165, 1.54) is 40.7 Å². The summed E-state index contributed by atoms with van der Waals surface area (Å²) < 4.78 is 71.8. The highest BCUT2D eigenvalue weighted by Crippen LogP contribution is 2.35. The van der Waals surface area contributed by atoms with Crippen LogP contribution < -0.4 is 9.62 Å². The number of halogens is 4. The summed E-state index contributed by atoms with van der Waals surface area (Å²) in [6.07, 6.45) is 0.312. The SMILES string of the molecule is Cc1ccc(S(=O)(=O)N(c2ccc(Cl)cc2Cc2c(F)cccc2F)[C@@H]2CCNC2)cc1F. The van der Waals surface area contributed by atoms with Gasteiger partial charge in [0, 0.05) is 23.6 Å². The Balaban J connectivity index is 1.87. The van der Waals surface area contributed by atoms with E-state index in [1.807, 2.05) is 0 Å². The molecule has 1 saturated heterocycles. The van der Waals surface area contributed by atoms with Crippen LogP contribution in [0.3, 0.4) is 0 Å². The van der Waals surface area contributed by atoms with Gasteiger partial charge in [0.15, 0.2) is 0 Å². The molecule has 0 radical (unpaired) electrons. The normalized spacial score (nSPS) is 16.2. The Hall–Kier alpha value is -2.55. The molecule has 0 saturated carbocycles. The minimum absolute atomic E-state index is 0.190. The Morgan fingerprint density at radius 2 is 1.76 bits per heavy atom. The van der Waals surface area contributed by atoms with Gasteiger partial charge in [-0.2, -0.15) is 0 Å². The second-order valence-corrected chi connectivity index (χ2v) is 10.3. The molecule has 3 aromatic rings. The van der Waals surface area contributed by atoms with Gasteiger partial charge in [-0.25, -0.2) is 21.6 Å². The lowest BCUT2D eigenvalue weighted by atomic mass is 10.0. The zero-order chi connectivity index (χ0) is 23.8. The predicted molar refractivity (Wildman–Crippen MR) is 123 cm³/mol. The van der Waals surface area contributed by atoms with Crippen LogP contribution in [0.2, 0.25) is 5.02 Å². The van der Waals surface area contributed by atoms with Crippen LogP contribution in [0.15, 0.2) is 59.5 Å². The molecule has 0 unspecified atom stereocenters. The van der Waals surface area contributed by atoms with Crippen molar-refractivity contribution in [1.82, 2.24) is 5.32 Å². The van der Waals surface area contributed by atoms with Crippen molar-refractivity contribution in [3.63, 3.8) is 0 Å². The maximum absolute atomic E-state index is 14.4. The summed E-state index contributed by atoms with van der Waals surface area (Å²) in [4.78, 5) is -0.199. The fourth-order valence-electron chi connectivity index (χ4n) is 4.01. The predicted octanol–water partition coefficient (Wildman–Crippen LogP) is 5.21. The summed E-state index contributed by atoms with van der Waals surface area (Å²) in [5.41, 5.74) is 0.723. The first-order valence-electron chi connectivity index (χ1n) is 10.4. The second kappa shape index (κ2) is 9.37. The largest absolute Gasteiger partial charge is 0.315 e. The van der Waals surface area contributed by atoms with Crippen LogP contribution in [0, 0.1) is 24.4 Å². The van der Waals surface area contributed by atoms with Crippen molar-refractivity contribution in [2.24, 2.45) is 0 Å². The number of sulfonamides is 1. The van der Waals surface area contributed by atoms with Crippen LogP contribution >= 0.6 is 11.6 Å². The molecule has 1 fully saturated rings. The molecule has 174 valence electrons. The fraction of sp³-hybridized carbons (Fsp3) is 0.250. The summed E-state index contributed by atoms with van der Waals surface area (Å²) in [5.74, 6) is -2.11. The van der Waals surface area contributed by atoms with Gasteiger partial charge in [0.05, 0.1) is 16.6 Å². The Morgan fingerprint density at radius 1 is 1.03 bits per heavy atom. The topological polar surface area (TPSA) is 49.4 Å². The van der Waals surface area contributed by atoms with Crippen LogP contribution in [0.4, 0.5) is 18.9 Å². The van der Waals surface area contributed by atoms with E-state index in [-0.39, 0.29) is 22.6 Å². The Labute approximate surface area is 196 Å². The van der Waals surface area contributed by atoms with Crippen molar-refractivity contribution in [2.75, 3.05) is 17.4 Å². The highest BCUT2D eigenvalue weighted by molar-refractivity contribution is 7.92. The van der Waals surface area contributed by atoms with Crippen molar-refractivity contribution < 1.29 is 21.6 Å². The number of hydrogen-bond donors (Lipinski definition) is 1. The van der Waals surface area contributed by atoms with Gasteiger partial charge in [0.25, 0.3) is 10.0 Å². The number of rotatable bonds is 6. The second-order valence-electron chi connectivity index (χ2n) is 8.01. The Kier molecular flexibility index (Phi) is 6.70. The summed E-state index contributed by atoms with van der Waals surface area (Å²) in [6.45, 7) is 2.53. The van der Waals surface area contributed by atoms with Crippen LogP contribution in [0.1, 0.15) is 23.1 Å². The summed E-state index contributed by atoms with van der Waals surface area (Å²) in [6, 6.07) is 11.4. The van der Waals surface area contributed by atoms with Gasteiger partial charge < -0.3 is 5.32 Å². The van der Waals surface area contributed by atoms with Gasteiger partial charge in [-0.1, -0.05) is 23.7 Å². The first-order valence-corrected chi connectivity index (χ1v) is 12.2. The first kappa shape index (κ1) is 23.6. The zero-order valence-electron chi connectivity index (χ0n) is 17.8. The molecule has 1 heterocycles. The van der Waals surface area contributed by atoms with Crippen LogP contribution in [0.5, 0.6) is 0 Å². The molecule has 1 atom stereocenters. The van der Waals surface area contributed by atoms with Crippen molar-refractivity contribution in [3.05, 3.63) is 93.8 Å². The molecule has 0 aliphatic carbocycles. The molecule has 4 rings (SSSR count). The summed E-state index contributed by atoms with van der Waals surface area (Å²) in [7, 11) is -4.20. The van der Waals surface area contributed by atoms with E-state index in [4.69, 9.17) is 11.6 Å². The van der Waals surface area contributed by atoms with Crippen LogP contribution in [0.25, 0.3) is 0 Å². The molecule has 9 heteroatoms. The van der Waals surface area contributed by atoms with Crippen LogP contribution in [-0.2, 0) is 16.4 Å². The van der Waals surface area contributed by atoms with Gasteiger partial charge in [-0.15, -0.1) is 0 Å². The molecular weight excluding hydrogens is 473 g/mol. The van der Waals surface area contributed by atoms with E-state index in [0.29, 0.717) is 35.7 Å². The molecule has 1 aliphatic heterocycles. The standard InChI is InChI=1S/C24H22ClF3N2O2S/c1-15-5-7-19(13-23(15)28)33(31,32)30(18-9-10-29-14-18)24-8-6-17(25)11-16(24)12-20-21(26)3-2-4-22(20)27/h2-8,11,13,18,29H,9-10,12,14H2,1H3/t18-/m1/s1. The summed E-state index contributed by atoms with van der Waals surface area (Å²) >= 11 is 6.18. The first-order chi connectivity index (χ1) is 15.7. The quantitative estimate of drug-likeness (QED) is 0.511. The lowest BCUT2D eigenvalue weighted by Gasteiger charge is -2.32. The average molecular weight is 495 g/mol. The third kappa shape index (κ3) is 4.74. The minimum Gasteiger partial charge on any atom is -0.315 e. The molecular formula is C24H22ClF3N2O2S. The Bertz CT molecular complexity index is 1270. The molecule has 0 bridgehead atoms. The van der Waals surface area contributed by atoms with E-state index in [2.05, 4.69) is 5.32 Å². The highest BCUT2D eigenvalue weighted by Gasteiger charge is 2.35. The minimum atomic E-state index is -4.20. The summed E-state index contributed by atoms with van der Waals surface area (Å²) in [5, 5.41) is 3.44. The van der Waals surface area contributed by atoms with E-state index >= 15 is 0 Å². The van der Waals surface area contributed by atoms with Crippen molar-refractivity contribution in [1.29, 1.82) is 0 Å². The van der Waals surface area contributed by atoms with E-state index < -0.39 is 33.5 Å². The fourth-order valence-corrected chi connectivity index (χ4v) is 5.94. The molecule has 0 amide bonds. The van der Waals surface area contributed by atoms with Crippen molar-refractivity contribution in [2.45, 2.75) is 30.7 Å². The maximum Gasteiger partial charge on any atom is 0.264 e. The number of hydrogen-bond acceptors (Lipinski definition) is 3. The monoisotopic (exact) mass is 494 g/mol. The average Bonchev–Trinajstić information content (AvgIpc) is 3.28. The van der Waals surface area contributed by atoms with Gasteiger partial charge in [-0.3, -0.25) is 4.31 Å². The maximum atomic E-state index is 14.4. The van der Waals surface area contributed by atoms with Gasteiger partial charge >= 0.3 is 0 Å². The number of benzene rings is 3. The lowest BCUT2D eigenvalue weighted by molar-refractivity contribution is 0.561. The third-order valence-electron chi connectivity index (χ3n) is 5.77. The molecule has 0 spiro atoms. The molecule has 1 N–H and O–H groups in total. The molecule has 0 aromatic heterocycles. The van der Waals surface area contributed by atoms with Gasteiger partial charge in [0.2, 0.25) is 0 Å². The van der Waals surface area contributed by atoms with Gasteiger partial charge in [-0.05, 0) is 73.5 Å². The zero-order valence-corrected chi connectivity index (χ0v) is 19.4. The Morgan fingerprint density at radius 3 is 2.39 bits per heavy atom. The third-order valence-corrected chi connectivity index (χ3v) is 7.87. The number of anilines is 1. The van der Waals surface area contributed by atoms with E-state index in [9.17, 15) is 21.6 Å². The van der Waals surface area contributed by atoms with Crippen LogP contribution in [-0.4, -0.2) is 27.5 Å². The van der Waals surface area contributed by atoms with Crippen molar-refractivity contribution >= 4 is 27.3 Å². The van der Waals surface area contributed by atoms with E-state index in [0.717, 1.165) is 18.2 Å². The van der Waals surface area contributed by atoms with Crippen molar-refractivity contribution in [3.8, 4) is 0 Å².